The van der Waals surface area contributed by atoms with Crippen molar-refractivity contribution < 1.29 is 19.3 Å². The van der Waals surface area contributed by atoms with E-state index in [0.29, 0.717) is 17.1 Å². The van der Waals surface area contributed by atoms with Crippen LogP contribution in [0.3, 0.4) is 0 Å². The number of ether oxygens (including phenoxy) is 3. The van der Waals surface area contributed by atoms with Gasteiger partial charge < -0.3 is 19.3 Å². The molecule has 1 unspecified atom stereocenters. The monoisotopic (exact) mass is 254 g/mol. The summed E-state index contributed by atoms with van der Waals surface area (Å²) < 4.78 is 15.8. The lowest BCUT2D eigenvalue weighted by molar-refractivity contribution is -0.145. The fourth-order valence-electron chi connectivity index (χ4n) is 1.63. The molecule has 0 bridgehead atoms. The molecule has 0 saturated heterocycles. The topological polar surface area (TPSA) is 47.9 Å². The van der Waals surface area contributed by atoms with Crippen molar-refractivity contribution in [2.75, 3.05) is 21.3 Å². The zero-order valence-corrected chi connectivity index (χ0v) is 11.9. The first-order chi connectivity index (χ1) is 8.28. The smallest absolute Gasteiger partial charge is 0.122 e. The maximum atomic E-state index is 10.7. The van der Waals surface area contributed by atoms with Gasteiger partial charge in [0.1, 0.15) is 17.1 Å². The van der Waals surface area contributed by atoms with Crippen LogP contribution >= 0.6 is 0 Å². The molecule has 1 aromatic carbocycles. The van der Waals surface area contributed by atoms with Crippen LogP contribution in [0.25, 0.3) is 0 Å². The highest BCUT2D eigenvalue weighted by Gasteiger charge is 2.41. The van der Waals surface area contributed by atoms with Crippen LogP contribution in [0.15, 0.2) is 18.2 Å². The van der Waals surface area contributed by atoms with E-state index in [-0.39, 0.29) is 0 Å². The number of methoxy groups -OCH3 is 3. The second-order valence-corrected chi connectivity index (χ2v) is 4.89. The van der Waals surface area contributed by atoms with Gasteiger partial charge in [-0.05, 0) is 38.5 Å². The van der Waals surface area contributed by atoms with E-state index in [1.54, 1.807) is 46.5 Å². The zero-order chi connectivity index (χ0) is 14.0. The van der Waals surface area contributed by atoms with E-state index < -0.39 is 11.2 Å². The van der Waals surface area contributed by atoms with Crippen molar-refractivity contribution in [3.05, 3.63) is 23.8 Å². The summed E-state index contributed by atoms with van der Waals surface area (Å²) in [6, 6.07) is 5.33. The molecule has 1 N–H and O–H groups in total. The average molecular weight is 254 g/mol. The second kappa shape index (κ2) is 5.16. The summed E-state index contributed by atoms with van der Waals surface area (Å²) in [6.45, 7) is 5.38. The third-order valence-electron chi connectivity index (χ3n) is 3.60. The van der Waals surface area contributed by atoms with Crippen molar-refractivity contribution in [2.24, 2.45) is 0 Å². The SMILES string of the molecule is COc1cc(OC)cc(C(C)(O)C(C)(C)OC)c1. The van der Waals surface area contributed by atoms with E-state index >= 15 is 0 Å². The molecule has 18 heavy (non-hydrogen) atoms. The van der Waals surface area contributed by atoms with Gasteiger partial charge >= 0.3 is 0 Å². The molecule has 0 heterocycles. The van der Waals surface area contributed by atoms with Crippen molar-refractivity contribution in [2.45, 2.75) is 32.0 Å². The van der Waals surface area contributed by atoms with E-state index in [2.05, 4.69) is 0 Å². The molecule has 0 fully saturated rings. The van der Waals surface area contributed by atoms with Crippen LogP contribution in [-0.4, -0.2) is 32.0 Å². The minimum Gasteiger partial charge on any atom is -0.497 e. The standard InChI is InChI=1S/C14H22O4/c1-13(2,18-6)14(3,15)10-7-11(16-4)9-12(8-10)17-5/h7-9,15H,1-6H3. The summed E-state index contributed by atoms with van der Waals surface area (Å²) in [5.41, 5.74) is -1.21. The first-order valence-electron chi connectivity index (χ1n) is 5.79. The number of hydrogen-bond donors (Lipinski definition) is 1. The number of aliphatic hydroxyl groups is 1. The van der Waals surface area contributed by atoms with Gasteiger partial charge in [-0.15, -0.1) is 0 Å². The molecule has 102 valence electrons. The summed E-state index contributed by atoms with van der Waals surface area (Å²) >= 11 is 0. The maximum absolute atomic E-state index is 10.7. The van der Waals surface area contributed by atoms with Gasteiger partial charge in [0.05, 0.1) is 19.8 Å². The Morgan fingerprint density at radius 3 is 1.67 bits per heavy atom. The van der Waals surface area contributed by atoms with Gasteiger partial charge in [0, 0.05) is 13.2 Å². The minimum atomic E-state index is -1.16. The van der Waals surface area contributed by atoms with Gasteiger partial charge in [-0.1, -0.05) is 0 Å². The van der Waals surface area contributed by atoms with Crippen LogP contribution in [0.4, 0.5) is 0 Å². The Morgan fingerprint density at radius 2 is 1.33 bits per heavy atom. The number of benzene rings is 1. The fraction of sp³-hybridized carbons (Fsp3) is 0.571. The van der Waals surface area contributed by atoms with E-state index in [1.807, 2.05) is 13.8 Å². The highest BCUT2D eigenvalue weighted by atomic mass is 16.5. The molecule has 0 aromatic heterocycles. The predicted molar refractivity (Wildman–Crippen MR) is 70.2 cm³/mol. The molecule has 1 rings (SSSR count). The number of rotatable bonds is 5. The van der Waals surface area contributed by atoms with Crippen LogP contribution in [0.2, 0.25) is 0 Å². The molecule has 0 aliphatic heterocycles. The summed E-state index contributed by atoms with van der Waals surface area (Å²) in [6.07, 6.45) is 0. The largest absolute Gasteiger partial charge is 0.497 e. The fourth-order valence-corrected chi connectivity index (χ4v) is 1.63. The van der Waals surface area contributed by atoms with Gasteiger partial charge in [-0.2, -0.15) is 0 Å². The molecule has 4 heteroatoms. The van der Waals surface area contributed by atoms with Gasteiger partial charge in [-0.3, -0.25) is 0 Å². The van der Waals surface area contributed by atoms with Crippen LogP contribution in [0, 0.1) is 0 Å². The molecule has 0 spiro atoms. The molecule has 1 aromatic rings. The Bertz CT molecular complexity index is 388. The van der Waals surface area contributed by atoms with Crippen LogP contribution in [-0.2, 0) is 10.3 Å². The normalized spacial score (nSPS) is 15.1. The van der Waals surface area contributed by atoms with Gasteiger partial charge in [0.15, 0.2) is 0 Å². The first kappa shape index (κ1) is 14.8. The predicted octanol–water partition coefficient (Wildman–Crippen LogP) is 2.34. The Kier molecular flexibility index (Phi) is 4.24. The van der Waals surface area contributed by atoms with E-state index in [0.717, 1.165) is 0 Å². The van der Waals surface area contributed by atoms with Gasteiger partial charge in [0.2, 0.25) is 0 Å². The third kappa shape index (κ3) is 2.60. The Labute approximate surface area is 108 Å². The Hall–Kier alpha value is -1.26. The summed E-state index contributed by atoms with van der Waals surface area (Å²) in [5, 5.41) is 10.7. The van der Waals surface area contributed by atoms with Crippen molar-refractivity contribution >= 4 is 0 Å². The van der Waals surface area contributed by atoms with Gasteiger partial charge in [0.25, 0.3) is 0 Å². The van der Waals surface area contributed by atoms with Crippen LogP contribution in [0.5, 0.6) is 11.5 Å². The van der Waals surface area contributed by atoms with Crippen molar-refractivity contribution in [1.82, 2.24) is 0 Å². The van der Waals surface area contributed by atoms with E-state index in [4.69, 9.17) is 14.2 Å². The lowest BCUT2D eigenvalue weighted by Crippen LogP contribution is -2.46. The number of hydrogen-bond acceptors (Lipinski definition) is 4. The molecule has 0 radical (unpaired) electrons. The van der Waals surface area contributed by atoms with Crippen molar-refractivity contribution in [3.8, 4) is 11.5 Å². The van der Waals surface area contributed by atoms with Crippen LogP contribution < -0.4 is 9.47 Å². The molecular formula is C14H22O4. The lowest BCUT2D eigenvalue weighted by atomic mass is 9.81. The highest BCUT2D eigenvalue weighted by Crippen LogP contribution is 2.38. The van der Waals surface area contributed by atoms with Crippen LogP contribution in [0.1, 0.15) is 26.3 Å². The minimum absolute atomic E-state index is 0.636. The van der Waals surface area contributed by atoms with E-state index in [1.165, 1.54) is 0 Å². The summed E-state index contributed by atoms with van der Waals surface area (Å²) in [5.74, 6) is 1.27. The summed E-state index contributed by atoms with van der Waals surface area (Å²) in [7, 11) is 4.73. The molecule has 0 aliphatic carbocycles. The third-order valence-corrected chi connectivity index (χ3v) is 3.60. The van der Waals surface area contributed by atoms with E-state index in [9.17, 15) is 5.11 Å². The molecule has 4 nitrogen and oxygen atoms in total. The molecule has 0 amide bonds. The molecule has 0 aliphatic rings. The lowest BCUT2D eigenvalue weighted by Gasteiger charge is -2.39. The second-order valence-electron chi connectivity index (χ2n) is 4.89. The van der Waals surface area contributed by atoms with Gasteiger partial charge in [-0.25, -0.2) is 0 Å². The molecule has 1 atom stereocenters. The van der Waals surface area contributed by atoms with Crippen molar-refractivity contribution in [3.63, 3.8) is 0 Å². The average Bonchev–Trinajstić information content (AvgIpc) is 2.37. The quantitative estimate of drug-likeness (QED) is 0.876. The summed E-state index contributed by atoms with van der Waals surface area (Å²) in [4.78, 5) is 0. The van der Waals surface area contributed by atoms with Crippen molar-refractivity contribution in [1.29, 1.82) is 0 Å². The Morgan fingerprint density at radius 1 is 0.889 bits per heavy atom. The highest BCUT2D eigenvalue weighted by molar-refractivity contribution is 5.41. The molecular weight excluding hydrogens is 232 g/mol. The molecule has 0 saturated carbocycles. The first-order valence-corrected chi connectivity index (χ1v) is 5.79. The Balaban J connectivity index is 3.31. The maximum Gasteiger partial charge on any atom is 0.122 e. The zero-order valence-electron chi connectivity index (χ0n) is 11.9.